The lowest BCUT2D eigenvalue weighted by Gasteiger charge is -2.34. The topological polar surface area (TPSA) is 54.4 Å². The Balaban J connectivity index is 2.26. The summed E-state index contributed by atoms with van der Waals surface area (Å²) in [6.45, 7) is 0. The molecule has 1 aliphatic rings. The average molecular weight is 252 g/mol. The van der Waals surface area contributed by atoms with Crippen LogP contribution in [0.1, 0.15) is 48.2 Å². The first-order valence-corrected chi connectivity index (χ1v) is 6.82. The normalized spacial score (nSPS) is 18.8. The van der Waals surface area contributed by atoms with Gasteiger partial charge in [0.05, 0.1) is 11.3 Å². The van der Waals surface area contributed by atoms with Crippen LogP contribution in [-0.4, -0.2) is 16.9 Å². The Hall–Kier alpha value is -1.16. The Morgan fingerprint density at radius 2 is 2.00 bits per heavy atom. The summed E-state index contributed by atoms with van der Waals surface area (Å²) in [4.78, 5) is 24.2. The van der Waals surface area contributed by atoms with Gasteiger partial charge >= 0.3 is 5.97 Å². The van der Waals surface area contributed by atoms with Crippen molar-refractivity contribution < 1.29 is 14.7 Å². The van der Waals surface area contributed by atoms with E-state index in [0.29, 0.717) is 4.88 Å². The van der Waals surface area contributed by atoms with Gasteiger partial charge in [0.1, 0.15) is 0 Å². The zero-order valence-electron chi connectivity index (χ0n) is 9.65. The van der Waals surface area contributed by atoms with E-state index in [2.05, 4.69) is 0 Å². The van der Waals surface area contributed by atoms with E-state index in [-0.39, 0.29) is 12.2 Å². The van der Waals surface area contributed by atoms with Crippen molar-refractivity contribution in [1.82, 2.24) is 0 Å². The van der Waals surface area contributed by atoms with Crippen molar-refractivity contribution in [3.63, 3.8) is 0 Å². The third-order valence-corrected chi connectivity index (χ3v) is 4.40. The fourth-order valence-electron chi connectivity index (χ4n) is 2.67. The van der Waals surface area contributed by atoms with Crippen LogP contribution in [0.3, 0.4) is 0 Å². The van der Waals surface area contributed by atoms with Gasteiger partial charge in [-0.1, -0.05) is 25.3 Å². The van der Waals surface area contributed by atoms with Crippen LogP contribution in [0, 0.1) is 5.41 Å². The number of hydrogen-bond acceptors (Lipinski definition) is 3. The third kappa shape index (κ3) is 2.57. The smallest absolute Gasteiger partial charge is 0.304 e. The molecule has 1 fully saturated rings. The monoisotopic (exact) mass is 252 g/mol. The van der Waals surface area contributed by atoms with Crippen molar-refractivity contribution in [1.29, 1.82) is 0 Å². The second kappa shape index (κ2) is 5.00. The van der Waals surface area contributed by atoms with Gasteiger partial charge in [-0.05, 0) is 24.3 Å². The Morgan fingerprint density at radius 1 is 1.29 bits per heavy atom. The van der Waals surface area contributed by atoms with Gasteiger partial charge in [-0.25, -0.2) is 0 Å². The average Bonchev–Trinajstić information content (AvgIpc) is 2.81. The summed E-state index contributed by atoms with van der Waals surface area (Å²) in [6, 6.07) is 3.64. The Morgan fingerprint density at radius 3 is 2.53 bits per heavy atom. The van der Waals surface area contributed by atoms with Gasteiger partial charge < -0.3 is 5.11 Å². The van der Waals surface area contributed by atoms with Crippen molar-refractivity contribution in [3.8, 4) is 0 Å². The third-order valence-electron chi connectivity index (χ3n) is 3.53. The van der Waals surface area contributed by atoms with Crippen molar-refractivity contribution in [3.05, 3.63) is 22.4 Å². The van der Waals surface area contributed by atoms with Crippen LogP contribution in [-0.2, 0) is 4.79 Å². The summed E-state index contributed by atoms with van der Waals surface area (Å²) < 4.78 is 0. The number of aliphatic carboxylic acids is 1. The maximum absolute atomic E-state index is 12.5. The molecular formula is C13H16O3S. The van der Waals surface area contributed by atoms with Gasteiger partial charge in [0, 0.05) is 5.41 Å². The molecular weight excluding hydrogens is 236 g/mol. The molecule has 1 aromatic rings. The van der Waals surface area contributed by atoms with Crippen LogP contribution in [0.2, 0.25) is 0 Å². The van der Waals surface area contributed by atoms with Gasteiger partial charge in [0.2, 0.25) is 0 Å². The Labute approximate surface area is 104 Å². The van der Waals surface area contributed by atoms with Crippen LogP contribution in [0.5, 0.6) is 0 Å². The lowest BCUT2D eigenvalue weighted by molar-refractivity contribution is -0.139. The molecule has 0 amide bonds. The molecule has 17 heavy (non-hydrogen) atoms. The van der Waals surface area contributed by atoms with Crippen LogP contribution >= 0.6 is 11.3 Å². The summed E-state index contributed by atoms with van der Waals surface area (Å²) in [6.07, 6.45) is 4.45. The lowest BCUT2D eigenvalue weighted by atomic mass is 9.68. The Kier molecular flexibility index (Phi) is 3.62. The molecule has 1 saturated carbocycles. The van der Waals surface area contributed by atoms with E-state index in [4.69, 9.17) is 5.11 Å². The van der Waals surface area contributed by atoms with Crippen LogP contribution < -0.4 is 0 Å². The van der Waals surface area contributed by atoms with Crippen molar-refractivity contribution in [2.75, 3.05) is 0 Å². The highest BCUT2D eigenvalue weighted by atomic mass is 32.1. The standard InChI is InChI=1S/C13H16O3S/c14-11(15)9-13(6-2-1-3-7-13)12(16)10-5-4-8-17-10/h4-5,8H,1-3,6-7,9H2,(H,14,15). The molecule has 0 spiro atoms. The highest BCUT2D eigenvalue weighted by molar-refractivity contribution is 7.12. The zero-order chi connectivity index (χ0) is 12.3. The molecule has 0 saturated heterocycles. The molecule has 2 rings (SSSR count). The van der Waals surface area contributed by atoms with Crippen molar-refractivity contribution >= 4 is 23.1 Å². The van der Waals surface area contributed by atoms with E-state index in [1.807, 2.05) is 11.4 Å². The Bertz CT molecular complexity index is 402. The van der Waals surface area contributed by atoms with E-state index in [1.165, 1.54) is 11.3 Å². The predicted octanol–water partition coefficient (Wildman–Crippen LogP) is 3.36. The van der Waals surface area contributed by atoms with Crippen LogP contribution in [0.4, 0.5) is 0 Å². The summed E-state index contributed by atoms with van der Waals surface area (Å²) in [5, 5.41) is 10.9. The predicted molar refractivity (Wildman–Crippen MR) is 66.4 cm³/mol. The SMILES string of the molecule is O=C(O)CC1(C(=O)c2cccs2)CCCCC1. The number of carboxylic acid groups (broad SMARTS) is 1. The number of hydrogen-bond donors (Lipinski definition) is 1. The first-order valence-electron chi connectivity index (χ1n) is 5.94. The second-order valence-corrected chi connectivity index (χ2v) is 5.67. The maximum atomic E-state index is 12.5. The quantitative estimate of drug-likeness (QED) is 0.836. The molecule has 0 unspecified atom stereocenters. The van der Waals surface area contributed by atoms with E-state index in [0.717, 1.165) is 32.1 Å². The second-order valence-electron chi connectivity index (χ2n) is 4.72. The molecule has 4 heteroatoms. The summed E-state index contributed by atoms with van der Waals surface area (Å²) >= 11 is 1.41. The molecule has 0 aliphatic heterocycles. The number of carboxylic acids is 1. The number of thiophene rings is 1. The zero-order valence-corrected chi connectivity index (χ0v) is 10.5. The highest BCUT2D eigenvalue weighted by Crippen LogP contribution is 2.42. The molecule has 1 heterocycles. The summed E-state index contributed by atoms with van der Waals surface area (Å²) in [7, 11) is 0. The molecule has 92 valence electrons. The van der Waals surface area contributed by atoms with Crippen LogP contribution in [0.25, 0.3) is 0 Å². The van der Waals surface area contributed by atoms with Crippen molar-refractivity contribution in [2.45, 2.75) is 38.5 Å². The van der Waals surface area contributed by atoms with Crippen LogP contribution in [0.15, 0.2) is 17.5 Å². The molecule has 0 radical (unpaired) electrons. The number of rotatable bonds is 4. The molecule has 3 nitrogen and oxygen atoms in total. The van der Waals surface area contributed by atoms with Gasteiger partial charge in [0.15, 0.2) is 5.78 Å². The summed E-state index contributed by atoms with van der Waals surface area (Å²) in [5.41, 5.74) is -0.644. The number of carbonyl (C=O) groups excluding carboxylic acids is 1. The first-order chi connectivity index (χ1) is 8.14. The molecule has 1 aliphatic carbocycles. The minimum absolute atomic E-state index is 0.0241. The molecule has 0 bridgehead atoms. The van der Waals surface area contributed by atoms with E-state index < -0.39 is 11.4 Å². The molecule has 0 atom stereocenters. The molecule has 0 aromatic carbocycles. The minimum atomic E-state index is -0.864. The van der Waals surface area contributed by atoms with Gasteiger partial charge in [-0.15, -0.1) is 11.3 Å². The molecule has 1 N–H and O–H groups in total. The number of carbonyl (C=O) groups is 2. The first kappa shape index (κ1) is 12.3. The maximum Gasteiger partial charge on any atom is 0.304 e. The van der Waals surface area contributed by atoms with Gasteiger partial charge in [0.25, 0.3) is 0 Å². The number of Topliss-reactive ketones (excluding diaryl/α,β-unsaturated/α-hetero) is 1. The van der Waals surface area contributed by atoms with E-state index in [9.17, 15) is 9.59 Å². The summed E-state index contributed by atoms with van der Waals surface area (Å²) in [5.74, 6) is -0.827. The van der Waals surface area contributed by atoms with E-state index >= 15 is 0 Å². The van der Waals surface area contributed by atoms with Gasteiger partial charge in [-0.2, -0.15) is 0 Å². The van der Waals surface area contributed by atoms with Gasteiger partial charge in [-0.3, -0.25) is 9.59 Å². The lowest BCUT2D eigenvalue weighted by Crippen LogP contribution is -2.35. The van der Waals surface area contributed by atoms with Crippen molar-refractivity contribution in [2.24, 2.45) is 5.41 Å². The molecule has 1 aromatic heterocycles. The fourth-order valence-corrected chi connectivity index (χ4v) is 3.46. The largest absolute Gasteiger partial charge is 0.481 e. The highest BCUT2D eigenvalue weighted by Gasteiger charge is 2.41. The fraction of sp³-hybridized carbons (Fsp3) is 0.538. The number of ketones is 1. The minimum Gasteiger partial charge on any atom is -0.481 e. The van der Waals surface area contributed by atoms with E-state index in [1.54, 1.807) is 6.07 Å².